The zero-order chi connectivity index (χ0) is 23.2. The highest BCUT2D eigenvalue weighted by Crippen LogP contribution is 2.24. The number of fused-ring (bicyclic) bond motifs is 1. The fraction of sp³-hybridized carbons (Fsp3) is 0.483. The second-order valence-corrected chi connectivity index (χ2v) is 10.2. The number of hydrogen-bond donors (Lipinski definition) is 1. The number of aromatic nitrogens is 1. The lowest BCUT2D eigenvalue weighted by Crippen LogP contribution is -2.40. The molecule has 0 aliphatic carbocycles. The van der Waals surface area contributed by atoms with Crippen molar-refractivity contribution in [1.29, 1.82) is 0 Å². The number of benzene rings is 2. The van der Waals surface area contributed by atoms with Crippen LogP contribution in [-0.4, -0.2) is 41.6 Å². The summed E-state index contributed by atoms with van der Waals surface area (Å²) in [7, 11) is 0. The number of likely N-dealkylation sites (tertiary alicyclic amines) is 1. The molecule has 0 bridgehead atoms. The summed E-state index contributed by atoms with van der Waals surface area (Å²) in [5.41, 5.74) is 5.06. The summed E-state index contributed by atoms with van der Waals surface area (Å²) in [5.74, 6) is 1.73. The second-order valence-electron chi connectivity index (χ2n) is 10.2. The Morgan fingerprint density at radius 1 is 1.03 bits per heavy atom. The molecule has 4 rings (SSSR count). The molecule has 0 saturated carbocycles. The van der Waals surface area contributed by atoms with Crippen molar-refractivity contribution in [2.45, 2.75) is 53.0 Å². The smallest absolute Gasteiger partial charge is 0.220 e. The van der Waals surface area contributed by atoms with E-state index in [0.29, 0.717) is 6.42 Å². The first-order valence-corrected chi connectivity index (χ1v) is 12.6. The summed E-state index contributed by atoms with van der Waals surface area (Å²) in [6.07, 6.45) is 5.91. The van der Waals surface area contributed by atoms with Crippen LogP contribution >= 0.6 is 0 Å². The number of carbonyl (C=O) groups excluding carboxylic acids is 1. The largest absolute Gasteiger partial charge is 0.356 e. The number of hydrogen-bond acceptors (Lipinski definition) is 2. The maximum atomic E-state index is 12.5. The maximum Gasteiger partial charge on any atom is 0.220 e. The minimum absolute atomic E-state index is 0.158. The maximum absolute atomic E-state index is 12.5. The SMILES string of the molecule is Cc1ccc(Cn2cc(CCC(=O)NCCCN3C[C@H](C)C[C@H](C)C3)c3ccccc32)cc1. The van der Waals surface area contributed by atoms with Gasteiger partial charge in [-0.3, -0.25) is 4.79 Å². The molecule has 0 radical (unpaired) electrons. The lowest BCUT2D eigenvalue weighted by molar-refractivity contribution is -0.121. The fourth-order valence-corrected chi connectivity index (χ4v) is 5.38. The molecule has 1 aliphatic rings. The number of rotatable bonds is 9. The van der Waals surface area contributed by atoms with Gasteiger partial charge in [0.15, 0.2) is 0 Å². The van der Waals surface area contributed by atoms with E-state index in [2.05, 4.69) is 90.3 Å². The van der Waals surface area contributed by atoms with Gasteiger partial charge < -0.3 is 14.8 Å². The lowest BCUT2D eigenvalue weighted by Gasteiger charge is -2.34. The van der Waals surface area contributed by atoms with Crippen molar-refractivity contribution in [2.75, 3.05) is 26.2 Å². The van der Waals surface area contributed by atoms with E-state index in [1.54, 1.807) is 0 Å². The standard InChI is InChI=1S/C29H39N3O/c1-22-9-11-25(12-10-22)20-32-21-26(27-7-4-5-8-28(27)32)13-14-29(33)30-15-6-16-31-18-23(2)17-24(3)19-31/h4-5,7-12,21,23-24H,6,13-20H2,1-3H3,(H,30,33)/t23-,24+. The molecule has 0 spiro atoms. The van der Waals surface area contributed by atoms with Crippen LogP contribution in [0.5, 0.6) is 0 Å². The van der Waals surface area contributed by atoms with Gasteiger partial charge in [-0.1, -0.05) is 61.9 Å². The van der Waals surface area contributed by atoms with E-state index in [-0.39, 0.29) is 5.91 Å². The summed E-state index contributed by atoms with van der Waals surface area (Å²) in [4.78, 5) is 15.1. The average Bonchev–Trinajstić information content (AvgIpc) is 3.14. The van der Waals surface area contributed by atoms with Crippen molar-refractivity contribution < 1.29 is 4.79 Å². The highest BCUT2D eigenvalue weighted by atomic mass is 16.1. The predicted molar refractivity (Wildman–Crippen MR) is 138 cm³/mol. The van der Waals surface area contributed by atoms with E-state index in [0.717, 1.165) is 44.3 Å². The number of amides is 1. The van der Waals surface area contributed by atoms with Gasteiger partial charge in [-0.05, 0) is 61.8 Å². The molecule has 176 valence electrons. The van der Waals surface area contributed by atoms with Gasteiger partial charge in [-0.15, -0.1) is 0 Å². The summed E-state index contributed by atoms with van der Waals surface area (Å²) in [5, 5.41) is 4.40. The van der Waals surface area contributed by atoms with E-state index in [1.165, 1.54) is 47.1 Å². The van der Waals surface area contributed by atoms with Crippen molar-refractivity contribution in [3.05, 3.63) is 71.4 Å². The first kappa shape index (κ1) is 23.6. The van der Waals surface area contributed by atoms with Crippen LogP contribution in [0.1, 0.15) is 49.8 Å². The minimum Gasteiger partial charge on any atom is -0.356 e. The molecule has 2 heterocycles. The molecule has 1 saturated heterocycles. The number of nitrogens with one attached hydrogen (secondary N) is 1. The quantitative estimate of drug-likeness (QED) is 0.447. The van der Waals surface area contributed by atoms with Crippen molar-refractivity contribution in [1.82, 2.24) is 14.8 Å². The van der Waals surface area contributed by atoms with Crippen molar-refractivity contribution >= 4 is 16.8 Å². The lowest BCUT2D eigenvalue weighted by atomic mass is 9.92. The topological polar surface area (TPSA) is 37.3 Å². The van der Waals surface area contributed by atoms with Crippen molar-refractivity contribution in [3.8, 4) is 0 Å². The van der Waals surface area contributed by atoms with Crippen LogP contribution in [0.3, 0.4) is 0 Å². The Balaban J connectivity index is 1.28. The zero-order valence-electron chi connectivity index (χ0n) is 20.5. The zero-order valence-corrected chi connectivity index (χ0v) is 20.5. The summed E-state index contributed by atoms with van der Waals surface area (Å²) in [6, 6.07) is 17.3. The molecule has 2 atom stereocenters. The molecule has 33 heavy (non-hydrogen) atoms. The molecule has 4 nitrogen and oxygen atoms in total. The highest BCUT2D eigenvalue weighted by molar-refractivity contribution is 5.85. The van der Waals surface area contributed by atoms with Crippen LogP contribution in [0, 0.1) is 18.8 Å². The van der Waals surface area contributed by atoms with Crippen molar-refractivity contribution in [2.24, 2.45) is 11.8 Å². The highest BCUT2D eigenvalue weighted by Gasteiger charge is 2.21. The first-order valence-electron chi connectivity index (χ1n) is 12.6. The predicted octanol–water partition coefficient (Wildman–Crippen LogP) is 5.41. The molecule has 1 N–H and O–H groups in total. The van der Waals surface area contributed by atoms with E-state index in [4.69, 9.17) is 0 Å². The Hall–Kier alpha value is -2.59. The molecular formula is C29H39N3O. The number of carbonyl (C=O) groups is 1. The third-order valence-corrected chi connectivity index (χ3v) is 6.88. The van der Waals surface area contributed by atoms with E-state index >= 15 is 0 Å². The molecule has 0 unspecified atom stereocenters. The number of piperidine rings is 1. The first-order chi connectivity index (χ1) is 16.0. The van der Waals surface area contributed by atoms with Crippen LogP contribution in [0.25, 0.3) is 10.9 Å². The Morgan fingerprint density at radius 3 is 2.52 bits per heavy atom. The number of aryl methyl sites for hydroxylation is 2. The van der Waals surface area contributed by atoms with Crippen LogP contribution in [-0.2, 0) is 17.8 Å². The van der Waals surface area contributed by atoms with Gasteiger partial charge in [0.05, 0.1) is 0 Å². The van der Waals surface area contributed by atoms with Crippen LogP contribution < -0.4 is 5.32 Å². The van der Waals surface area contributed by atoms with Gasteiger partial charge in [0.2, 0.25) is 5.91 Å². The minimum atomic E-state index is 0.158. The molecule has 3 aromatic rings. The van der Waals surface area contributed by atoms with Crippen LogP contribution in [0.4, 0.5) is 0 Å². The molecule has 2 aromatic carbocycles. The molecule has 4 heteroatoms. The summed E-state index contributed by atoms with van der Waals surface area (Å²) in [6.45, 7) is 11.9. The molecule has 1 amide bonds. The summed E-state index contributed by atoms with van der Waals surface area (Å²) < 4.78 is 2.31. The van der Waals surface area contributed by atoms with Gasteiger partial charge in [0.1, 0.15) is 0 Å². The third-order valence-electron chi connectivity index (χ3n) is 6.88. The van der Waals surface area contributed by atoms with E-state index < -0.39 is 0 Å². The second kappa shape index (κ2) is 11.0. The normalized spacial score (nSPS) is 19.1. The molecule has 1 aromatic heterocycles. The third kappa shape index (κ3) is 6.48. The Bertz CT molecular complexity index is 1040. The van der Waals surface area contributed by atoms with E-state index in [9.17, 15) is 4.79 Å². The fourth-order valence-electron chi connectivity index (χ4n) is 5.38. The van der Waals surface area contributed by atoms with Gasteiger partial charge in [-0.25, -0.2) is 0 Å². The Kier molecular flexibility index (Phi) is 7.87. The monoisotopic (exact) mass is 445 g/mol. The summed E-state index contributed by atoms with van der Waals surface area (Å²) >= 11 is 0. The molecular weight excluding hydrogens is 406 g/mol. The number of para-hydroxylation sites is 1. The Labute approximate surface area is 199 Å². The van der Waals surface area contributed by atoms with Crippen LogP contribution in [0.2, 0.25) is 0 Å². The average molecular weight is 446 g/mol. The Morgan fingerprint density at radius 2 is 1.76 bits per heavy atom. The molecule has 1 aliphatic heterocycles. The number of nitrogens with zero attached hydrogens (tertiary/aromatic N) is 2. The van der Waals surface area contributed by atoms with Crippen LogP contribution in [0.15, 0.2) is 54.7 Å². The van der Waals surface area contributed by atoms with Gasteiger partial charge in [-0.2, -0.15) is 0 Å². The van der Waals surface area contributed by atoms with Gasteiger partial charge in [0, 0.05) is 49.7 Å². The molecule has 1 fully saturated rings. The van der Waals surface area contributed by atoms with Gasteiger partial charge >= 0.3 is 0 Å². The van der Waals surface area contributed by atoms with Gasteiger partial charge in [0.25, 0.3) is 0 Å². The van der Waals surface area contributed by atoms with E-state index in [1.807, 2.05) is 0 Å². The van der Waals surface area contributed by atoms with Crippen molar-refractivity contribution in [3.63, 3.8) is 0 Å².